The summed E-state index contributed by atoms with van der Waals surface area (Å²) in [6.07, 6.45) is 0. The minimum atomic E-state index is -0.482. The van der Waals surface area contributed by atoms with Crippen LogP contribution in [0.3, 0.4) is 0 Å². The third kappa shape index (κ3) is 3.54. The number of anilines is 1. The molecule has 8 heteroatoms. The summed E-state index contributed by atoms with van der Waals surface area (Å²) in [6, 6.07) is 11.4. The number of benzene rings is 2. The second kappa shape index (κ2) is 7.20. The zero-order valence-corrected chi connectivity index (χ0v) is 15.7. The Bertz CT molecular complexity index is 1120. The van der Waals surface area contributed by atoms with Gasteiger partial charge in [-0.1, -0.05) is 29.8 Å². The number of amides is 2. The van der Waals surface area contributed by atoms with E-state index in [4.69, 9.17) is 11.6 Å². The second-order valence-electron chi connectivity index (χ2n) is 6.17. The van der Waals surface area contributed by atoms with Crippen molar-refractivity contribution in [1.82, 2.24) is 14.7 Å². The van der Waals surface area contributed by atoms with Gasteiger partial charge in [0.05, 0.1) is 16.0 Å². The van der Waals surface area contributed by atoms with Crippen molar-refractivity contribution in [3.8, 4) is 0 Å². The number of hydrogen-bond donors (Lipinski definition) is 1. The van der Waals surface area contributed by atoms with Gasteiger partial charge >= 0.3 is 0 Å². The van der Waals surface area contributed by atoms with Gasteiger partial charge in [-0.15, -0.1) is 0 Å². The van der Waals surface area contributed by atoms with Gasteiger partial charge in [0.1, 0.15) is 0 Å². The molecule has 0 atom stereocenters. The lowest BCUT2D eigenvalue weighted by atomic mass is 10.1. The molecule has 3 aromatic rings. The summed E-state index contributed by atoms with van der Waals surface area (Å²) in [5.74, 6) is -0.715. The van der Waals surface area contributed by atoms with E-state index in [0.29, 0.717) is 22.0 Å². The molecule has 0 spiro atoms. The fourth-order valence-electron chi connectivity index (χ4n) is 2.66. The molecular formula is C19H17ClN4O3. The average Bonchev–Trinajstić information content (AvgIpc) is 2.64. The first-order valence-corrected chi connectivity index (χ1v) is 8.46. The third-order valence-corrected chi connectivity index (χ3v) is 4.35. The van der Waals surface area contributed by atoms with Gasteiger partial charge in [0.15, 0.2) is 5.69 Å². The number of hydrogen-bond acceptors (Lipinski definition) is 4. The van der Waals surface area contributed by atoms with Crippen LogP contribution in [0, 0.1) is 0 Å². The van der Waals surface area contributed by atoms with E-state index in [9.17, 15) is 14.4 Å². The van der Waals surface area contributed by atoms with Gasteiger partial charge in [0.25, 0.3) is 17.4 Å². The second-order valence-corrected chi connectivity index (χ2v) is 6.58. The van der Waals surface area contributed by atoms with Crippen molar-refractivity contribution in [3.63, 3.8) is 0 Å². The molecule has 0 saturated heterocycles. The molecule has 7 nitrogen and oxygen atoms in total. The molecule has 0 bridgehead atoms. The van der Waals surface area contributed by atoms with Crippen molar-refractivity contribution in [2.24, 2.45) is 7.05 Å². The number of halogens is 1. The summed E-state index contributed by atoms with van der Waals surface area (Å²) in [7, 11) is 4.75. The summed E-state index contributed by atoms with van der Waals surface area (Å²) < 4.78 is 1.13. The number of nitrogens with zero attached hydrogens (tertiary/aromatic N) is 3. The van der Waals surface area contributed by atoms with Crippen LogP contribution in [0.1, 0.15) is 20.8 Å². The lowest BCUT2D eigenvalue weighted by molar-refractivity contribution is 0.0827. The van der Waals surface area contributed by atoms with Crippen LogP contribution in [-0.4, -0.2) is 40.6 Å². The minimum absolute atomic E-state index is 0.122. The zero-order valence-electron chi connectivity index (χ0n) is 15.0. The first kappa shape index (κ1) is 18.6. The van der Waals surface area contributed by atoms with Crippen molar-refractivity contribution in [2.45, 2.75) is 0 Å². The van der Waals surface area contributed by atoms with E-state index in [2.05, 4.69) is 10.4 Å². The lowest BCUT2D eigenvalue weighted by Gasteiger charge is -2.13. The molecule has 0 aliphatic heterocycles. The molecule has 0 aliphatic rings. The maximum absolute atomic E-state index is 12.7. The fourth-order valence-corrected chi connectivity index (χ4v) is 2.93. The first-order chi connectivity index (χ1) is 12.8. The van der Waals surface area contributed by atoms with Crippen molar-refractivity contribution >= 4 is 39.9 Å². The minimum Gasteiger partial charge on any atom is -0.345 e. The molecule has 2 amide bonds. The summed E-state index contributed by atoms with van der Waals surface area (Å²) in [5, 5.41) is 7.89. The highest BCUT2D eigenvalue weighted by Crippen LogP contribution is 2.23. The van der Waals surface area contributed by atoms with Crippen LogP contribution >= 0.6 is 11.6 Å². The fraction of sp³-hybridized carbons (Fsp3) is 0.158. The maximum Gasteiger partial charge on any atom is 0.276 e. The molecular weight excluding hydrogens is 368 g/mol. The van der Waals surface area contributed by atoms with Crippen LogP contribution in [0.25, 0.3) is 10.8 Å². The van der Waals surface area contributed by atoms with E-state index in [1.165, 1.54) is 18.0 Å². The molecule has 1 aromatic heterocycles. The van der Waals surface area contributed by atoms with Gasteiger partial charge in [0.2, 0.25) is 0 Å². The van der Waals surface area contributed by atoms with Gasteiger partial charge in [-0.05, 0) is 24.3 Å². The molecule has 0 unspecified atom stereocenters. The molecule has 0 aliphatic carbocycles. The Labute approximate surface area is 160 Å². The van der Waals surface area contributed by atoms with Gasteiger partial charge in [-0.3, -0.25) is 14.4 Å². The molecule has 1 N–H and O–H groups in total. The zero-order chi connectivity index (χ0) is 19.7. The standard InChI is InChI=1S/C19H17ClN4O3/c1-23(2)18(26)14-9-8-11(10-15(14)20)21-17(25)16-12-6-4-5-7-13(12)19(27)24(3)22-16/h4-10H,1-3H3,(H,21,25). The normalized spacial score (nSPS) is 10.7. The van der Waals surface area contributed by atoms with E-state index < -0.39 is 5.91 Å². The number of carbonyl (C=O) groups excluding carboxylic acids is 2. The van der Waals surface area contributed by atoms with E-state index in [0.717, 1.165) is 4.68 Å². The van der Waals surface area contributed by atoms with Crippen LogP contribution in [-0.2, 0) is 7.05 Å². The van der Waals surface area contributed by atoms with E-state index in [1.807, 2.05) is 0 Å². The van der Waals surface area contributed by atoms with Crippen molar-refractivity contribution < 1.29 is 9.59 Å². The van der Waals surface area contributed by atoms with Crippen molar-refractivity contribution in [2.75, 3.05) is 19.4 Å². The Morgan fingerprint density at radius 2 is 1.78 bits per heavy atom. The van der Waals surface area contributed by atoms with Crippen molar-refractivity contribution in [3.05, 3.63) is 69.1 Å². The van der Waals surface area contributed by atoms with Crippen LogP contribution in [0.15, 0.2) is 47.3 Å². The van der Waals surface area contributed by atoms with Crippen LogP contribution in [0.2, 0.25) is 5.02 Å². The number of fused-ring (bicyclic) bond motifs is 1. The third-order valence-electron chi connectivity index (χ3n) is 4.04. The number of rotatable bonds is 3. The predicted octanol–water partition coefficient (Wildman–Crippen LogP) is 2.54. The maximum atomic E-state index is 12.7. The van der Waals surface area contributed by atoms with E-state index >= 15 is 0 Å². The molecule has 138 valence electrons. The smallest absolute Gasteiger partial charge is 0.276 e. The van der Waals surface area contributed by atoms with E-state index in [-0.39, 0.29) is 22.2 Å². The highest BCUT2D eigenvalue weighted by molar-refractivity contribution is 6.34. The Kier molecular flexibility index (Phi) is 4.96. The lowest BCUT2D eigenvalue weighted by Crippen LogP contribution is -2.25. The summed E-state index contributed by atoms with van der Waals surface area (Å²) in [4.78, 5) is 38.4. The summed E-state index contributed by atoms with van der Waals surface area (Å²) >= 11 is 6.18. The molecule has 2 aromatic carbocycles. The van der Waals surface area contributed by atoms with Gasteiger partial charge in [-0.2, -0.15) is 5.10 Å². The Morgan fingerprint density at radius 3 is 2.41 bits per heavy atom. The molecule has 1 heterocycles. The van der Waals surface area contributed by atoms with E-state index in [1.54, 1.807) is 50.5 Å². The monoisotopic (exact) mass is 384 g/mol. The summed E-state index contributed by atoms with van der Waals surface area (Å²) in [5.41, 5.74) is 0.597. The Balaban J connectivity index is 1.96. The molecule has 0 saturated carbocycles. The first-order valence-electron chi connectivity index (χ1n) is 8.08. The van der Waals surface area contributed by atoms with Crippen LogP contribution in [0.4, 0.5) is 5.69 Å². The average molecular weight is 385 g/mol. The molecule has 0 radical (unpaired) electrons. The summed E-state index contributed by atoms with van der Waals surface area (Å²) in [6.45, 7) is 0. The largest absolute Gasteiger partial charge is 0.345 e. The SMILES string of the molecule is CN(C)C(=O)c1ccc(NC(=O)c2nn(C)c(=O)c3ccccc23)cc1Cl. The number of aryl methyl sites for hydroxylation is 1. The Hall–Kier alpha value is -3.19. The quantitative estimate of drug-likeness (QED) is 0.752. The highest BCUT2D eigenvalue weighted by Gasteiger charge is 2.17. The highest BCUT2D eigenvalue weighted by atomic mass is 35.5. The predicted molar refractivity (Wildman–Crippen MR) is 104 cm³/mol. The molecule has 27 heavy (non-hydrogen) atoms. The topological polar surface area (TPSA) is 84.3 Å². The van der Waals surface area contributed by atoms with Gasteiger partial charge < -0.3 is 10.2 Å². The molecule has 0 fully saturated rings. The Morgan fingerprint density at radius 1 is 1.11 bits per heavy atom. The number of aromatic nitrogens is 2. The van der Waals surface area contributed by atoms with Crippen LogP contribution in [0.5, 0.6) is 0 Å². The van der Waals surface area contributed by atoms with Gasteiger partial charge in [-0.25, -0.2) is 4.68 Å². The van der Waals surface area contributed by atoms with Gasteiger partial charge in [0, 0.05) is 32.2 Å². The number of nitrogens with one attached hydrogen (secondary N) is 1. The molecule has 3 rings (SSSR count). The van der Waals surface area contributed by atoms with Crippen molar-refractivity contribution in [1.29, 1.82) is 0 Å². The number of carbonyl (C=O) groups is 2. The van der Waals surface area contributed by atoms with Crippen LogP contribution < -0.4 is 10.9 Å².